The summed E-state index contributed by atoms with van der Waals surface area (Å²) < 4.78 is 33.1. The summed E-state index contributed by atoms with van der Waals surface area (Å²) in [5.74, 6) is -3.04. The van der Waals surface area contributed by atoms with Crippen LogP contribution in [0.3, 0.4) is 0 Å². The van der Waals surface area contributed by atoms with E-state index in [-0.39, 0.29) is 17.0 Å². The van der Waals surface area contributed by atoms with Crippen molar-refractivity contribution in [1.29, 1.82) is 0 Å². The Morgan fingerprint density at radius 2 is 1.81 bits per heavy atom. The number of hydrogen-bond donors (Lipinski definition) is 4. The fraction of sp³-hybridized carbons (Fsp3) is 0.435. The molecule has 2 rings (SSSR count). The van der Waals surface area contributed by atoms with Crippen LogP contribution in [0.4, 0.5) is 14.5 Å². The van der Waals surface area contributed by atoms with Crippen LogP contribution in [0.25, 0.3) is 0 Å². The van der Waals surface area contributed by atoms with E-state index in [0.29, 0.717) is 38.1 Å². The molecular weight excluding hydrogens is 406 g/mol. The maximum absolute atomic E-state index is 14.0. The molecule has 1 amide bonds. The first-order valence-corrected chi connectivity index (χ1v) is 10.4. The minimum Gasteiger partial charge on any atom is -0.506 e. The fourth-order valence-corrected chi connectivity index (χ4v) is 3.07. The highest BCUT2D eigenvalue weighted by Gasteiger charge is 2.31. The molecule has 8 heteroatoms. The Hall–Kier alpha value is -2.55. The summed E-state index contributed by atoms with van der Waals surface area (Å²) in [6.45, 7) is 0.731. The van der Waals surface area contributed by atoms with Gasteiger partial charge >= 0.3 is 0 Å². The summed E-state index contributed by atoms with van der Waals surface area (Å²) in [6.07, 6.45) is 3.10. The molecule has 31 heavy (non-hydrogen) atoms. The molecule has 0 radical (unpaired) electrons. The van der Waals surface area contributed by atoms with Crippen molar-refractivity contribution in [3.8, 4) is 5.75 Å². The second-order valence-corrected chi connectivity index (χ2v) is 7.30. The number of unbranched alkanes of at least 4 members (excludes halogenated alkanes) is 3. The van der Waals surface area contributed by atoms with Gasteiger partial charge in [0.2, 0.25) is 6.41 Å². The lowest BCUT2D eigenvalue weighted by Crippen LogP contribution is -2.22. The largest absolute Gasteiger partial charge is 0.506 e. The predicted molar refractivity (Wildman–Crippen MR) is 115 cm³/mol. The Bertz CT molecular complexity index is 790. The van der Waals surface area contributed by atoms with Gasteiger partial charge in [0, 0.05) is 18.7 Å². The van der Waals surface area contributed by atoms with Gasteiger partial charge in [0.15, 0.2) is 0 Å². The van der Waals surface area contributed by atoms with Crippen LogP contribution in [-0.4, -0.2) is 42.9 Å². The smallest absolute Gasteiger partial charge is 0.296 e. The molecule has 0 saturated carbocycles. The van der Waals surface area contributed by atoms with Gasteiger partial charge in [-0.25, -0.2) is 0 Å². The lowest BCUT2D eigenvalue weighted by molar-refractivity contribution is -0.105. The van der Waals surface area contributed by atoms with Gasteiger partial charge in [0.25, 0.3) is 5.92 Å². The first-order valence-electron chi connectivity index (χ1n) is 10.4. The molecular formula is C23H30F2N2O4. The zero-order valence-corrected chi connectivity index (χ0v) is 17.4. The topological polar surface area (TPSA) is 90.8 Å². The number of aromatic hydroxyl groups is 1. The number of carbonyl (C=O) groups is 1. The van der Waals surface area contributed by atoms with Gasteiger partial charge in [-0.2, -0.15) is 8.78 Å². The quantitative estimate of drug-likeness (QED) is 0.193. The third kappa shape index (κ3) is 8.61. The lowest BCUT2D eigenvalue weighted by atomic mass is 10.1. The number of benzene rings is 2. The number of anilines is 1. The second kappa shape index (κ2) is 13.0. The van der Waals surface area contributed by atoms with E-state index in [9.17, 15) is 23.8 Å². The summed E-state index contributed by atoms with van der Waals surface area (Å²) in [5, 5.41) is 25.4. The average molecular weight is 436 g/mol. The number of halogens is 2. The number of phenols is 1. The van der Waals surface area contributed by atoms with E-state index >= 15 is 0 Å². The van der Waals surface area contributed by atoms with Crippen molar-refractivity contribution in [2.24, 2.45) is 0 Å². The normalized spacial score (nSPS) is 12.5. The molecule has 0 aliphatic rings. The standard InChI is InChI=1S/C23H30F2N2O4/c24-23(25,19-8-4-3-5-9-19)16-31-13-7-2-1-6-12-26-15-22(30)18-10-11-21(29)20(14-18)27-17-28/h3-5,8-11,14,17,22,26,29-30H,1-2,6-7,12-13,15-16H2,(H,27,28)/t22-/m0/s1. The molecule has 1 atom stereocenters. The number of alkyl halides is 2. The van der Waals surface area contributed by atoms with Crippen molar-refractivity contribution >= 4 is 12.1 Å². The van der Waals surface area contributed by atoms with Crippen molar-refractivity contribution in [2.75, 3.05) is 31.6 Å². The Kier molecular flexibility index (Phi) is 10.4. The second-order valence-electron chi connectivity index (χ2n) is 7.30. The average Bonchev–Trinajstić information content (AvgIpc) is 2.77. The van der Waals surface area contributed by atoms with Crippen LogP contribution in [-0.2, 0) is 15.5 Å². The van der Waals surface area contributed by atoms with Crippen LogP contribution in [0.15, 0.2) is 48.5 Å². The van der Waals surface area contributed by atoms with E-state index in [4.69, 9.17) is 4.74 Å². The number of aliphatic hydroxyl groups is 1. The molecule has 2 aromatic rings. The molecule has 0 heterocycles. The van der Waals surface area contributed by atoms with Crippen molar-refractivity contribution in [3.63, 3.8) is 0 Å². The molecule has 0 spiro atoms. The maximum Gasteiger partial charge on any atom is 0.296 e. The summed E-state index contributed by atoms with van der Waals surface area (Å²) in [5.41, 5.74) is 0.793. The highest BCUT2D eigenvalue weighted by atomic mass is 19.3. The van der Waals surface area contributed by atoms with Crippen LogP contribution in [0.1, 0.15) is 42.9 Å². The number of nitrogens with one attached hydrogen (secondary N) is 2. The van der Waals surface area contributed by atoms with Crippen LogP contribution in [0, 0.1) is 0 Å². The number of amides is 1. The number of rotatable bonds is 15. The highest BCUT2D eigenvalue weighted by molar-refractivity contribution is 5.75. The van der Waals surface area contributed by atoms with Gasteiger partial charge in [0.05, 0.1) is 11.8 Å². The monoisotopic (exact) mass is 436 g/mol. The highest BCUT2D eigenvalue weighted by Crippen LogP contribution is 2.28. The number of hydrogen-bond acceptors (Lipinski definition) is 5. The van der Waals surface area contributed by atoms with E-state index in [0.717, 1.165) is 19.3 Å². The van der Waals surface area contributed by atoms with Crippen molar-refractivity contribution in [1.82, 2.24) is 5.32 Å². The van der Waals surface area contributed by atoms with E-state index in [1.165, 1.54) is 24.3 Å². The SMILES string of the molecule is O=CNc1cc([C@@H](O)CNCCCCCCOCC(F)(F)c2ccccc2)ccc1O. The predicted octanol–water partition coefficient (Wildman–Crippen LogP) is 3.95. The number of aliphatic hydroxyl groups excluding tert-OH is 1. The maximum atomic E-state index is 14.0. The first-order chi connectivity index (χ1) is 14.9. The molecule has 170 valence electrons. The van der Waals surface area contributed by atoms with Gasteiger partial charge in [0.1, 0.15) is 12.4 Å². The third-order valence-corrected chi connectivity index (χ3v) is 4.83. The van der Waals surface area contributed by atoms with Crippen LogP contribution < -0.4 is 10.6 Å². The van der Waals surface area contributed by atoms with Gasteiger partial charge in [-0.1, -0.05) is 49.2 Å². The number of carbonyl (C=O) groups excluding carboxylic acids is 1. The molecule has 6 nitrogen and oxygen atoms in total. The van der Waals surface area contributed by atoms with E-state index in [1.54, 1.807) is 24.3 Å². The first kappa shape index (κ1) is 24.7. The molecule has 0 aromatic heterocycles. The van der Waals surface area contributed by atoms with Crippen molar-refractivity contribution in [3.05, 3.63) is 59.7 Å². The number of ether oxygens (including phenoxy) is 1. The van der Waals surface area contributed by atoms with E-state index < -0.39 is 18.6 Å². The van der Waals surface area contributed by atoms with Crippen LogP contribution in [0.5, 0.6) is 5.75 Å². The van der Waals surface area contributed by atoms with Crippen LogP contribution >= 0.6 is 0 Å². The zero-order valence-electron chi connectivity index (χ0n) is 17.4. The lowest BCUT2D eigenvalue weighted by Gasteiger charge is -2.16. The summed E-state index contributed by atoms with van der Waals surface area (Å²) in [4.78, 5) is 10.5. The summed E-state index contributed by atoms with van der Waals surface area (Å²) in [6, 6.07) is 12.2. The van der Waals surface area contributed by atoms with E-state index in [2.05, 4.69) is 10.6 Å². The molecule has 0 fully saturated rings. The molecule has 0 aliphatic heterocycles. The molecule has 0 unspecified atom stereocenters. The Morgan fingerprint density at radius 1 is 1.06 bits per heavy atom. The Balaban J connectivity index is 1.52. The van der Waals surface area contributed by atoms with Gasteiger partial charge in [-0.05, 0) is 37.1 Å². The Morgan fingerprint density at radius 3 is 2.55 bits per heavy atom. The van der Waals surface area contributed by atoms with Crippen LogP contribution in [0.2, 0.25) is 0 Å². The minimum absolute atomic E-state index is 0.0354. The molecule has 4 N–H and O–H groups in total. The Labute approximate surface area is 181 Å². The minimum atomic E-state index is -2.98. The van der Waals surface area contributed by atoms with Crippen molar-refractivity contribution in [2.45, 2.75) is 37.7 Å². The summed E-state index contributed by atoms with van der Waals surface area (Å²) >= 11 is 0. The van der Waals surface area contributed by atoms with Gasteiger partial charge < -0.3 is 25.6 Å². The van der Waals surface area contributed by atoms with Gasteiger partial charge in [-0.15, -0.1) is 0 Å². The number of phenolic OH excluding ortho intramolecular Hbond substituents is 1. The molecule has 0 aliphatic carbocycles. The van der Waals surface area contributed by atoms with Crippen molar-refractivity contribution < 1.29 is 28.5 Å². The molecule has 2 aromatic carbocycles. The molecule has 0 saturated heterocycles. The summed E-state index contributed by atoms with van der Waals surface area (Å²) in [7, 11) is 0. The van der Waals surface area contributed by atoms with Gasteiger partial charge in [-0.3, -0.25) is 4.79 Å². The van der Waals surface area contributed by atoms with E-state index in [1.807, 2.05) is 0 Å². The fourth-order valence-electron chi connectivity index (χ4n) is 3.07. The molecule has 0 bridgehead atoms. The third-order valence-electron chi connectivity index (χ3n) is 4.83. The zero-order chi connectivity index (χ0) is 22.5.